The van der Waals surface area contributed by atoms with Crippen LogP contribution >= 0.6 is 11.6 Å². The van der Waals surface area contributed by atoms with Gasteiger partial charge in [0.1, 0.15) is 5.56 Å². The molecule has 11 heteroatoms. The van der Waals surface area contributed by atoms with Gasteiger partial charge in [-0.05, 0) is 48.9 Å². The molecule has 1 aromatic heterocycles. The number of aromatic nitrogens is 1. The van der Waals surface area contributed by atoms with E-state index in [-0.39, 0.29) is 33.4 Å². The van der Waals surface area contributed by atoms with Crippen molar-refractivity contribution in [1.82, 2.24) is 9.88 Å². The summed E-state index contributed by atoms with van der Waals surface area (Å²) in [6.07, 6.45) is -3.54. The highest BCUT2D eigenvalue weighted by atomic mass is 35.5. The van der Waals surface area contributed by atoms with E-state index in [2.05, 4.69) is 5.32 Å². The van der Waals surface area contributed by atoms with Crippen molar-refractivity contribution in [2.24, 2.45) is 0 Å². The van der Waals surface area contributed by atoms with Gasteiger partial charge in [-0.3, -0.25) is 14.2 Å². The van der Waals surface area contributed by atoms with E-state index in [9.17, 15) is 31.2 Å². The molecule has 0 radical (unpaired) electrons. The first-order valence-corrected chi connectivity index (χ1v) is 11.7. The highest BCUT2D eigenvalue weighted by Crippen LogP contribution is 2.30. The summed E-state index contributed by atoms with van der Waals surface area (Å²) in [4.78, 5) is 25.8. The molecular weight excluding hydrogens is 481 g/mol. The standard InChI is InChI=1S/C22H18ClF3N2O4S/c1-13-19(23)11-18(20(29)27-12-14-6-8-17(9-7-14)33(2,31)32)21(30)28(13)16-5-3-4-15(10-16)22(24,25)26/h3-11H,12H2,1-2H3,(H,27,29). The number of carbonyl (C=O) groups excluding carboxylic acids is 1. The lowest BCUT2D eigenvalue weighted by atomic mass is 10.1. The zero-order valence-corrected chi connectivity index (χ0v) is 19.0. The van der Waals surface area contributed by atoms with Crippen LogP contribution in [0.3, 0.4) is 0 Å². The number of alkyl halides is 3. The van der Waals surface area contributed by atoms with Crippen LogP contribution in [0.5, 0.6) is 0 Å². The average Bonchev–Trinajstić information content (AvgIpc) is 2.74. The predicted octanol–water partition coefficient (Wildman–Crippen LogP) is 4.15. The first-order chi connectivity index (χ1) is 15.3. The van der Waals surface area contributed by atoms with Gasteiger partial charge in [-0.15, -0.1) is 0 Å². The van der Waals surface area contributed by atoms with Crippen molar-refractivity contribution in [3.63, 3.8) is 0 Å². The van der Waals surface area contributed by atoms with Crippen molar-refractivity contribution in [3.8, 4) is 5.69 Å². The second-order valence-corrected chi connectivity index (χ2v) is 9.70. The molecule has 3 aromatic rings. The van der Waals surface area contributed by atoms with E-state index in [4.69, 9.17) is 11.6 Å². The molecular formula is C22H18ClF3N2O4S. The molecule has 1 amide bonds. The molecule has 1 heterocycles. The lowest BCUT2D eigenvalue weighted by Crippen LogP contribution is -2.33. The number of rotatable bonds is 5. The predicted molar refractivity (Wildman–Crippen MR) is 118 cm³/mol. The van der Waals surface area contributed by atoms with Crippen LogP contribution in [0.2, 0.25) is 5.02 Å². The molecule has 174 valence electrons. The van der Waals surface area contributed by atoms with Gasteiger partial charge >= 0.3 is 6.18 Å². The maximum absolute atomic E-state index is 13.1. The molecule has 0 spiro atoms. The van der Waals surface area contributed by atoms with Gasteiger partial charge in [-0.25, -0.2) is 8.42 Å². The minimum absolute atomic E-state index is 0.0165. The maximum Gasteiger partial charge on any atom is 0.416 e. The number of hydrogen-bond donors (Lipinski definition) is 1. The van der Waals surface area contributed by atoms with E-state index in [0.29, 0.717) is 5.56 Å². The van der Waals surface area contributed by atoms with Crippen LogP contribution < -0.4 is 10.9 Å². The highest BCUT2D eigenvalue weighted by Gasteiger charge is 2.31. The minimum atomic E-state index is -4.61. The Morgan fingerprint density at radius 3 is 2.30 bits per heavy atom. The third-order valence-corrected chi connectivity index (χ3v) is 6.38. The molecule has 33 heavy (non-hydrogen) atoms. The van der Waals surface area contributed by atoms with Crippen LogP contribution in [0.4, 0.5) is 13.2 Å². The van der Waals surface area contributed by atoms with Gasteiger partial charge < -0.3 is 5.32 Å². The van der Waals surface area contributed by atoms with Gasteiger partial charge in [-0.2, -0.15) is 13.2 Å². The summed E-state index contributed by atoms with van der Waals surface area (Å²) in [7, 11) is -3.37. The minimum Gasteiger partial charge on any atom is -0.348 e. The summed E-state index contributed by atoms with van der Waals surface area (Å²) in [5, 5.41) is 2.56. The van der Waals surface area contributed by atoms with Crippen molar-refractivity contribution < 1.29 is 26.4 Å². The van der Waals surface area contributed by atoms with Gasteiger partial charge in [0.15, 0.2) is 9.84 Å². The number of nitrogens with zero attached hydrogens (tertiary/aromatic N) is 1. The Morgan fingerprint density at radius 1 is 1.09 bits per heavy atom. The van der Waals surface area contributed by atoms with Crippen LogP contribution in [0, 0.1) is 6.92 Å². The topological polar surface area (TPSA) is 85.2 Å². The molecule has 2 aromatic carbocycles. The van der Waals surface area contributed by atoms with Crippen molar-refractivity contribution >= 4 is 27.3 Å². The third kappa shape index (κ3) is 5.45. The van der Waals surface area contributed by atoms with Crippen LogP contribution in [0.25, 0.3) is 5.69 Å². The Bertz CT molecular complexity index is 1380. The van der Waals surface area contributed by atoms with Crippen molar-refractivity contribution in [1.29, 1.82) is 0 Å². The van der Waals surface area contributed by atoms with Gasteiger partial charge in [0, 0.05) is 24.2 Å². The van der Waals surface area contributed by atoms with Crippen LogP contribution in [-0.2, 0) is 22.6 Å². The number of amides is 1. The van der Waals surface area contributed by atoms with Crippen molar-refractivity contribution in [3.05, 3.63) is 92.4 Å². The Morgan fingerprint density at radius 2 is 1.73 bits per heavy atom. The van der Waals surface area contributed by atoms with E-state index >= 15 is 0 Å². The largest absolute Gasteiger partial charge is 0.416 e. The normalized spacial score (nSPS) is 11.9. The molecule has 6 nitrogen and oxygen atoms in total. The smallest absolute Gasteiger partial charge is 0.348 e. The Balaban J connectivity index is 1.93. The van der Waals surface area contributed by atoms with Gasteiger partial charge in [0.2, 0.25) is 0 Å². The zero-order valence-electron chi connectivity index (χ0n) is 17.4. The number of sulfone groups is 1. The first-order valence-electron chi connectivity index (χ1n) is 9.46. The fourth-order valence-corrected chi connectivity index (χ4v) is 3.92. The molecule has 1 N–H and O–H groups in total. The fraction of sp³-hybridized carbons (Fsp3) is 0.182. The number of benzene rings is 2. The molecule has 3 rings (SSSR count). The van der Waals surface area contributed by atoms with E-state index in [1.807, 2.05) is 0 Å². The lowest BCUT2D eigenvalue weighted by Gasteiger charge is -2.15. The van der Waals surface area contributed by atoms with Gasteiger partial charge in [-0.1, -0.05) is 29.8 Å². The van der Waals surface area contributed by atoms with Crippen LogP contribution in [0.15, 0.2) is 64.3 Å². The molecule has 0 aliphatic rings. The summed E-state index contributed by atoms with van der Waals surface area (Å²) in [6.45, 7) is 1.44. The quantitative estimate of drug-likeness (QED) is 0.572. The molecule has 0 saturated heterocycles. The van der Waals surface area contributed by atoms with E-state index in [0.717, 1.165) is 35.1 Å². The van der Waals surface area contributed by atoms with Gasteiger partial charge in [0.25, 0.3) is 11.5 Å². The maximum atomic E-state index is 13.1. The Kier molecular flexibility index (Phi) is 6.71. The molecule has 0 aliphatic heterocycles. The average molecular weight is 499 g/mol. The van der Waals surface area contributed by atoms with Crippen molar-refractivity contribution in [2.75, 3.05) is 6.26 Å². The monoisotopic (exact) mass is 498 g/mol. The highest BCUT2D eigenvalue weighted by molar-refractivity contribution is 7.90. The van der Waals surface area contributed by atoms with Gasteiger partial charge in [0.05, 0.1) is 15.5 Å². The van der Waals surface area contributed by atoms with E-state index in [1.54, 1.807) is 0 Å². The van der Waals surface area contributed by atoms with E-state index < -0.39 is 33.0 Å². The first kappa shape index (κ1) is 24.5. The number of nitrogens with one attached hydrogen (secondary N) is 1. The SMILES string of the molecule is Cc1c(Cl)cc(C(=O)NCc2ccc(S(C)(=O)=O)cc2)c(=O)n1-c1cccc(C(F)(F)F)c1. The molecule has 0 aliphatic carbocycles. The van der Waals surface area contributed by atoms with E-state index in [1.165, 1.54) is 37.3 Å². The third-order valence-electron chi connectivity index (χ3n) is 4.87. The molecule has 0 unspecified atom stereocenters. The molecule has 0 bridgehead atoms. The zero-order chi connectivity index (χ0) is 24.6. The molecule has 0 saturated carbocycles. The number of pyridine rings is 1. The van der Waals surface area contributed by atoms with Crippen LogP contribution in [-0.4, -0.2) is 25.1 Å². The summed E-state index contributed by atoms with van der Waals surface area (Å²) in [5.74, 6) is -0.783. The number of halogens is 4. The second-order valence-electron chi connectivity index (χ2n) is 7.28. The Hall–Kier alpha value is -3.11. The molecule has 0 atom stereocenters. The fourth-order valence-electron chi connectivity index (χ4n) is 3.10. The van der Waals surface area contributed by atoms with Crippen molar-refractivity contribution in [2.45, 2.75) is 24.5 Å². The summed E-state index contributed by atoms with van der Waals surface area (Å²) in [6, 6.07) is 11.1. The second kappa shape index (κ2) is 9.03. The molecule has 0 fully saturated rings. The van der Waals surface area contributed by atoms with Crippen LogP contribution in [0.1, 0.15) is 27.2 Å². The summed E-state index contributed by atoms with van der Waals surface area (Å²) in [5.41, 5.74) is -1.46. The Labute approximate surface area is 192 Å². The number of carbonyl (C=O) groups is 1. The summed E-state index contributed by atoms with van der Waals surface area (Å²) < 4.78 is 63.4. The summed E-state index contributed by atoms with van der Waals surface area (Å²) >= 11 is 6.17. The number of hydrogen-bond acceptors (Lipinski definition) is 4. The lowest BCUT2D eigenvalue weighted by molar-refractivity contribution is -0.137.